The number of methoxy groups -OCH3 is 1. The number of sulfonamides is 1. The van der Waals surface area contributed by atoms with Crippen molar-refractivity contribution in [2.24, 2.45) is 0 Å². The second-order valence-electron chi connectivity index (χ2n) is 7.44. The molecule has 0 aromatic heterocycles. The van der Waals surface area contributed by atoms with E-state index in [0.29, 0.717) is 50.6 Å². The van der Waals surface area contributed by atoms with E-state index < -0.39 is 10.0 Å². The van der Waals surface area contributed by atoms with Crippen molar-refractivity contribution in [2.75, 3.05) is 46.5 Å². The van der Waals surface area contributed by atoms with Gasteiger partial charge in [0, 0.05) is 38.7 Å². The lowest BCUT2D eigenvalue weighted by Crippen LogP contribution is -2.50. The van der Waals surface area contributed by atoms with E-state index in [1.165, 1.54) is 16.4 Å². The van der Waals surface area contributed by atoms with Crippen molar-refractivity contribution in [3.8, 4) is 17.2 Å². The van der Waals surface area contributed by atoms with Crippen LogP contribution in [-0.2, 0) is 21.2 Å². The summed E-state index contributed by atoms with van der Waals surface area (Å²) in [6.45, 7) is 2.15. The highest BCUT2D eigenvalue weighted by Gasteiger charge is 2.31. The molecule has 2 aliphatic rings. The number of carbonyl (C=O) groups excluding carboxylic acids is 1. The topological polar surface area (TPSA) is 85.4 Å². The Morgan fingerprint density at radius 2 is 1.65 bits per heavy atom. The summed E-state index contributed by atoms with van der Waals surface area (Å²) in [4.78, 5) is 14.5. The molecule has 0 atom stereocenters. The molecule has 0 radical (unpaired) electrons. The highest BCUT2D eigenvalue weighted by atomic mass is 32.2. The number of amides is 1. The molecular formula is C22H26N2O6S. The second-order valence-corrected chi connectivity index (χ2v) is 9.38. The fourth-order valence-electron chi connectivity index (χ4n) is 3.71. The summed E-state index contributed by atoms with van der Waals surface area (Å²) >= 11 is 0. The molecule has 1 amide bonds. The summed E-state index contributed by atoms with van der Waals surface area (Å²) in [7, 11) is -2.04. The molecule has 166 valence electrons. The standard InChI is InChI=1S/C22H26N2O6S/c1-28-18-5-2-17(3-6-18)4-9-22(25)23-10-12-24(13-11-23)31(26,27)19-7-8-20-21(16-19)30-15-14-29-20/h2-3,5-8,16H,4,9-15H2,1H3. The number of hydrogen-bond donors (Lipinski definition) is 0. The first-order valence-corrected chi connectivity index (χ1v) is 11.7. The van der Waals surface area contributed by atoms with Gasteiger partial charge in [0.25, 0.3) is 0 Å². The number of fused-ring (bicyclic) bond motifs is 1. The maximum absolute atomic E-state index is 13.0. The van der Waals surface area contributed by atoms with Crippen molar-refractivity contribution < 1.29 is 27.4 Å². The Hall–Kier alpha value is -2.78. The maximum Gasteiger partial charge on any atom is 0.243 e. The number of rotatable bonds is 6. The van der Waals surface area contributed by atoms with Crippen LogP contribution in [0.25, 0.3) is 0 Å². The normalized spacial score (nSPS) is 16.7. The summed E-state index contributed by atoms with van der Waals surface area (Å²) < 4.78 is 43.6. The molecule has 2 aromatic carbocycles. The van der Waals surface area contributed by atoms with Gasteiger partial charge in [-0.2, -0.15) is 4.31 Å². The lowest BCUT2D eigenvalue weighted by atomic mass is 10.1. The van der Waals surface area contributed by atoms with Crippen LogP contribution < -0.4 is 14.2 Å². The minimum Gasteiger partial charge on any atom is -0.497 e. The van der Waals surface area contributed by atoms with Crippen LogP contribution in [0.5, 0.6) is 17.2 Å². The fourth-order valence-corrected chi connectivity index (χ4v) is 5.15. The second kappa shape index (κ2) is 9.15. The third kappa shape index (κ3) is 4.77. The molecule has 2 aliphatic heterocycles. The highest BCUT2D eigenvalue weighted by Crippen LogP contribution is 2.33. The van der Waals surface area contributed by atoms with Gasteiger partial charge in [-0.1, -0.05) is 12.1 Å². The van der Waals surface area contributed by atoms with E-state index in [4.69, 9.17) is 14.2 Å². The van der Waals surface area contributed by atoms with Crippen molar-refractivity contribution in [1.82, 2.24) is 9.21 Å². The van der Waals surface area contributed by atoms with Crippen LogP contribution >= 0.6 is 0 Å². The number of carbonyl (C=O) groups is 1. The van der Waals surface area contributed by atoms with E-state index in [-0.39, 0.29) is 23.9 Å². The van der Waals surface area contributed by atoms with E-state index in [1.807, 2.05) is 24.3 Å². The Morgan fingerprint density at radius 1 is 0.968 bits per heavy atom. The van der Waals surface area contributed by atoms with Gasteiger partial charge in [0.15, 0.2) is 11.5 Å². The molecule has 2 heterocycles. The van der Waals surface area contributed by atoms with Gasteiger partial charge in [-0.25, -0.2) is 8.42 Å². The van der Waals surface area contributed by atoms with E-state index in [1.54, 1.807) is 18.1 Å². The third-order valence-electron chi connectivity index (χ3n) is 5.53. The third-order valence-corrected chi connectivity index (χ3v) is 7.42. The molecule has 0 N–H and O–H groups in total. The summed E-state index contributed by atoms with van der Waals surface area (Å²) in [5, 5.41) is 0. The molecule has 1 fully saturated rings. The molecule has 0 unspecified atom stereocenters. The molecule has 0 saturated carbocycles. The summed E-state index contributed by atoms with van der Waals surface area (Å²) in [5.41, 5.74) is 1.06. The number of ether oxygens (including phenoxy) is 3. The molecule has 0 aliphatic carbocycles. The molecule has 1 saturated heterocycles. The Labute approximate surface area is 182 Å². The lowest BCUT2D eigenvalue weighted by Gasteiger charge is -2.34. The zero-order chi connectivity index (χ0) is 21.8. The first-order valence-electron chi connectivity index (χ1n) is 10.3. The van der Waals surface area contributed by atoms with Crippen LogP contribution in [-0.4, -0.2) is 70.0 Å². The van der Waals surface area contributed by atoms with Crippen LogP contribution in [0.3, 0.4) is 0 Å². The molecule has 0 bridgehead atoms. The van der Waals surface area contributed by atoms with Crippen LogP contribution in [0.1, 0.15) is 12.0 Å². The van der Waals surface area contributed by atoms with Gasteiger partial charge in [-0.15, -0.1) is 0 Å². The molecule has 0 spiro atoms. The predicted octanol–water partition coefficient (Wildman–Crippen LogP) is 1.93. The smallest absolute Gasteiger partial charge is 0.243 e. The van der Waals surface area contributed by atoms with Gasteiger partial charge in [0.05, 0.1) is 12.0 Å². The summed E-state index contributed by atoms with van der Waals surface area (Å²) in [6.07, 6.45) is 1.03. The molecule has 2 aromatic rings. The van der Waals surface area contributed by atoms with Crippen molar-refractivity contribution in [3.05, 3.63) is 48.0 Å². The minimum atomic E-state index is -3.66. The Bertz CT molecular complexity index is 1030. The van der Waals surface area contributed by atoms with Gasteiger partial charge in [-0.05, 0) is 36.2 Å². The maximum atomic E-state index is 13.0. The zero-order valence-electron chi connectivity index (χ0n) is 17.5. The zero-order valence-corrected chi connectivity index (χ0v) is 18.3. The molecular weight excluding hydrogens is 420 g/mol. The van der Waals surface area contributed by atoms with Gasteiger partial charge in [0.2, 0.25) is 15.9 Å². The van der Waals surface area contributed by atoms with E-state index >= 15 is 0 Å². The van der Waals surface area contributed by atoms with Crippen LogP contribution in [0, 0.1) is 0 Å². The van der Waals surface area contributed by atoms with E-state index in [2.05, 4.69) is 0 Å². The molecule has 4 rings (SSSR count). The van der Waals surface area contributed by atoms with Gasteiger partial charge in [-0.3, -0.25) is 4.79 Å². The van der Waals surface area contributed by atoms with Crippen LogP contribution in [0.15, 0.2) is 47.4 Å². The van der Waals surface area contributed by atoms with Gasteiger partial charge < -0.3 is 19.1 Å². The summed E-state index contributed by atoms with van der Waals surface area (Å²) in [5.74, 6) is 1.81. The molecule has 31 heavy (non-hydrogen) atoms. The number of aryl methyl sites for hydroxylation is 1. The number of benzene rings is 2. The highest BCUT2D eigenvalue weighted by molar-refractivity contribution is 7.89. The Kier molecular flexibility index (Phi) is 6.33. The number of piperazine rings is 1. The average Bonchev–Trinajstić information content (AvgIpc) is 2.82. The van der Waals surface area contributed by atoms with Crippen molar-refractivity contribution in [3.63, 3.8) is 0 Å². The minimum absolute atomic E-state index is 0.0344. The average molecular weight is 447 g/mol. The van der Waals surface area contributed by atoms with E-state index in [9.17, 15) is 13.2 Å². The lowest BCUT2D eigenvalue weighted by molar-refractivity contribution is -0.132. The monoisotopic (exact) mass is 446 g/mol. The molecule has 8 nitrogen and oxygen atoms in total. The van der Waals surface area contributed by atoms with E-state index in [0.717, 1.165) is 11.3 Å². The first-order chi connectivity index (χ1) is 15.0. The largest absolute Gasteiger partial charge is 0.497 e. The Morgan fingerprint density at radius 3 is 2.32 bits per heavy atom. The first kappa shape index (κ1) is 21.5. The predicted molar refractivity (Wildman–Crippen MR) is 114 cm³/mol. The fraction of sp³-hybridized carbons (Fsp3) is 0.409. The van der Waals surface area contributed by atoms with Gasteiger partial charge in [0.1, 0.15) is 19.0 Å². The number of nitrogens with zero attached hydrogens (tertiary/aromatic N) is 2. The number of hydrogen-bond acceptors (Lipinski definition) is 6. The van der Waals surface area contributed by atoms with Crippen molar-refractivity contribution in [2.45, 2.75) is 17.7 Å². The van der Waals surface area contributed by atoms with Crippen molar-refractivity contribution in [1.29, 1.82) is 0 Å². The van der Waals surface area contributed by atoms with Crippen LogP contribution in [0.4, 0.5) is 0 Å². The molecule has 9 heteroatoms. The quantitative estimate of drug-likeness (QED) is 0.674. The Balaban J connectivity index is 1.32. The van der Waals surface area contributed by atoms with Gasteiger partial charge >= 0.3 is 0 Å². The van der Waals surface area contributed by atoms with Crippen LogP contribution in [0.2, 0.25) is 0 Å². The summed E-state index contributed by atoms with van der Waals surface area (Å²) in [6, 6.07) is 12.3. The van der Waals surface area contributed by atoms with Crippen molar-refractivity contribution >= 4 is 15.9 Å². The SMILES string of the molecule is COc1ccc(CCC(=O)N2CCN(S(=O)(=O)c3ccc4c(c3)OCCO4)CC2)cc1.